The molecule has 0 aromatic carbocycles. The molecule has 4 aliphatic carbocycles. The summed E-state index contributed by atoms with van der Waals surface area (Å²) in [5.41, 5.74) is -1.79. The second kappa shape index (κ2) is 6.56. The lowest BCUT2D eigenvalue weighted by Crippen LogP contribution is -2.71. The normalized spacial score (nSPS) is 46.1. The van der Waals surface area contributed by atoms with Gasteiger partial charge in [-0.1, -0.05) is 27.7 Å². The lowest BCUT2D eigenvalue weighted by molar-refractivity contribution is -0.242. The maximum atomic E-state index is 13.3. The summed E-state index contributed by atoms with van der Waals surface area (Å²) < 4.78 is 33.6. The third-order valence-corrected chi connectivity index (χ3v) is 7.02. The Bertz CT molecular complexity index is 807. The Labute approximate surface area is 168 Å². The second-order valence-corrected chi connectivity index (χ2v) is 9.15. The van der Waals surface area contributed by atoms with Crippen molar-refractivity contribution < 1.29 is 36.1 Å². The molecule has 0 aromatic rings. The van der Waals surface area contributed by atoms with Crippen LogP contribution in [-0.2, 0) is 33.4 Å². The molecule has 4 saturated carbocycles. The van der Waals surface area contributed by atoms with E-state index in [1.165, 1.54) is 20.8 Å². The van der Waals surface area contributed by atoms with Crippen LogP contribution in [0.15, 0.2) is 0 Å². The molecule has 0 aromatic heterocycles. The van der Waals surface area contributed by atoms with E-state index in [0.29, 0.717) is 0 Å². The van der Waals surface area contributed by atoms with E-state index in [-0.39, 0.29) is 11.8 Å². The van der Waals surface area contributed by atoms with Gasteiger partial charge in [-0.25, -0.2) is 0 Å². The first-order valence-corrected chi connectivity index (χ1v) is 9.65. The first kappa shape index (κ1) is 18.1. The van der Waals surface area contributed by atoms with Crippen LogP contribution < -0.4 is 0 Å². The molecule has 156 valence electrons. The largest absolute Gasteiger partial charge is 0.458 e. The van der Waals surface area contributed by atoms with Crippen molar-refractivity contribution in [2.24, 2.45) is 34.5 Å². The quantitative estimate of drug-likeness (QED) is 0.533. The van der Waals surface area contributed by atoms with E-state index in [0.717, 1.165) is 0 Å². The monoisotopic (exact) mass is 396 g/mol. The van der Waals surface area contributed by atoms with Gasteiger partial charge in [0.25, 0.3) is 0 Å². The van der Waals surface area contributed by atoms with E-state index in [1.54, 1.807) is 13.8 Å². The topological polar surface area (TPSA) is 96.0 Å². The number of esters is 3. The molecule has 7 heteroatoms. The van der Waals surface area contributed by atoms with E-state index in [9.17, 15) is 19.2 Å². The molecule has 0 spiro atoms. The van der Waals surface area contributed by atoms with Gasteiger partial charge in [-0.2, -0.15) is 0 Å². The van der Waals surface area contributed by atoms with Crippen LogP contribution in [-0.4, -0.2) is 42.0 Å². The molecular weight excluding hydrogens is 364 g/mol. The molecule has 0 radical (unpaired) electrons. The molecule has 0 N–H and O–H groups in total. The van der Waals surface area contributed by atoms with E-state index in [4.69, 9.17) is 17.0 Å². The molecule has 4 rings (SSSR count). The van der Waals surface area contributed by atoms with Crippen molar-refractivity contribution in [3.05, 3.63) is 0 Å². The molecule has 28 heavy (non-hydrogen) atoms. The third kappa shape index (κ3) is 2.77. The molecule has 0 unspecified atom stereocenters. The smallest absolute Gasteiger partial charge is 0.303 e. The summed E-state index contributed by atoms with van der Waals surface area (Å²) in [5, 5.41) is 0. The number of Topliss-reactive ketones (excluding diaryl/α,β-unsaturated/α-hetero) is 1. The summed E-state index contributed by atoms with van der Waals surface area (Å²) >= 11 is 0. The van der Waals surface area contributed by atoms with Gasteiger partial charge < -0.3 is 14.2 Å². The van der Waals surface area contributed by atoms with E-state index in [2.05, 4.69) is 0 Å². The number of ether oxygens (including phenoxy) is 3. The Morgan fingerprint density at radius 3 is 1.89 bits per heavy atom. The van der Waals surface area contributed by atoms with Crippen molar-refractivity contribution >= 4 is 23.7 Å². The Balaban J connectivity index is 2.26. The number of hydrogen-bond acceptors (Lipinski definition) is 7. The molecule has 4 aliphatic rings. The molecule has 4 bridgehead atoms. The van der Waals surface area contributed by atoms with Crippen LogP contribution in [0.2, 0.25) is 0 Å². The maximum absolute atomic E-state index is 13.3. The number of carbonyl (C=O) groups is 4. The zero-order chi connectivity index (χ0) is 23.0. The summed E-state index contributed by atoms with van der Waals surface area (Å²) in [6.07, 6.45) is -5.15. The highest BCUT2D eigenvalue weighted by Gasteiger charge is 2.78. The van der Waals surface area contributed by atoms with Gasteiger partial charge in [0.15, 0.2) is 6.10 Å². The zero-order valence-corrected chi connectivity index (χ0v) is 17.4. The van der Waals surface area contributed by atoms with Gasteiger partial charge in [-0.3, -0.25) is 19.2 Å². The molecule has 0 saturated heterocycles. The Kier molecular flexibility index (Phi) is 4.25. The van der Waals surface area contributed by atoms with Crippen molar-refractivity contribution in [3.8, 4) is 0 Å². The fourth-order valence-electron chi connectivity index (χ4n) is 6.24. The van der Waals surface area contributed by atoms with E-state index < -0.39 is 71.0 Å². The van der Waals surface area contributed by atoms with Gasteiger partial charge in [-0.05, 0) is 17.8 Å². The molecule has 8 atom stereocenters. The highest BCUT2D eigenvalue weighted by Crippen LogP contribution is 2.73. The van der Waals surface area contributed by atoms with E-state index in [1.807, 2.05) is 13.8 Å². The van der Waals surface area contributed by atoms with Crippen molar-refractivity contribution in [2.45, 2.75) is 73.2 Å². The number of fused-ring (bicyclic) bond motifs is 2. The first-order valence-electron chi connectivity index (χ1n) is 10.7. The average molecular weight is 396 g/mol. The molecule has 4 fully saturated rings. The van der Waals surface area contributed by atoms with Gasteiger partial charge in [0.2, 0.25) is 0 Å². The minimum Gasteiger partial charge on any atom is -0.458 e. The van der Waals surface area contributed by atoms with Crippen molar-refractivity contribution in [1.29, 1.82) is 0 Å². The van der Waals surface area contributed by atoms with Crippen LogP contribution in [0.25, 0.3) is 0 Å². The molecule has 0 amide bonds. The lowest BCUT2D eigenvalue weighted by atomic mass is 9.35. The summed E-state index contributed by atoms with van der Waals surface area (Å²) in [6, 6.07) is 0. The SMILES string of the molecule is [2H]C1([2H])C(=O)[C@@H]2[C@@H]3[C@H]([C@@H]1C)[C@@]2(C)[C@H](OC(C)=O)[C@H](OC(C)=O)[C@@H](OC(C)=O)C3(C)C. The second-order valence-electron chi connectivity index (χ2n) is 9.15. The summed E-state index contributed by atoms with van der Waals surface area (Å²) in [7, 11) is 0. The number of carbonyl (C=O) groups excluding carboxylic acids is 4. The first-order chi connectivity index (χ1) is 13.6. The summed E-state index contributed by atoms with van der Waals surface area (Å²) in [5.74, 6) is -4.46. The standard InChI is InChI=1S/C21H30O7/c1-9-8-13(25)15-16-14(9)21(15,7)19(28-12(4)24)17(26-10(2)22)18(20(16,5)6)27-11(3)23/h9,14-19H,8H2,1-7H3/t9-,14+,15-,16+,17-,18-,19-,21-/m1/s1/i8D2. The fourth-order valence-corrected chi connectivity index (χ4v) is 6.24. The van der Waals surface area contributed by atoms with Crippen LogP contribution in [0.5, 0.6) is 0 Å². The van der Waals surface area contributed by atoms with Crippen LogP contribution in [0, 0.1) is 34.5 Å². The van der Waals surface area contributed by atoms with Gasteiger partial charge >= 0.3 is 17.9 Å². The molecule has 7 nitrogen and oxygen atoms in total. The van der Waals surface area contributed by atoms with Gasteiger partial charge in [0, 0.05) is 46.6 Å². The Morgan fingerprint density at radius 2 is 1.43 bits per heavy atom. The van der Waals surface area contributed by atoms with E-state index >= 15 is 0 Å². The third-order valence-electron chi connectivity index (χ3n) is 7.02. The van der Waals surface area contributed by atoms with Crippen LogP contribution in [0.1, 0.15) is 57.6 Å². The van der Waals surface area contributed by atoms with Gasteiger partial charge in [-0.15, -0.1) is 0 Å². The van der Waals surface area contributed by atoms with Crippen LogP contribution >= 0.6 is 0 Å². The maximum Gasteiger partial charge on any atom is 0.303 e. The number of rotatable bonds is 3. The Morgan fingerprint density at radius 1 is 0.929 bits per heavy atom. The van der Waals surface area contributed by atoms with Crippen molar-refractivity contribution in [3.63, 3.8) is 0 Å². The van der Waals surface area contributed by atoms with Crippen LogP contribution in [0.4, 0.5) is 0 Å². The van der Waals surface area contributed by atoms with Crippen molar-refractivity contribution in [2.75, 3.05) is 0 Å². The molecule has 0 aliphatic heterocycles. The minimum absolute atomic E-state index is 0.322. The Hall–Kier alpha value is -1.92. The zero-order valence-electron chi connectivity index (χ0n) is 19.4. The minimum atomic E-state index is -2.01. The highest BCUT2D eigenvalue weighted by molar-refractivity contribution is 5.86. The lowest BCUT2D eigenvalue weighted by Gasteiger charge is -2.68. The molecule has 0 heterocycles. The van der Waals surface area contributed by atoms with Crippen molar-refractivity contribution in [1.82, 2.24) is 0 Å². The number of ketones is 1. The van der Waals surface area contributed by atoms with Gasteiger partial charge in [0.1, 0.15) is 18.0 Å². The summed E-state index contributed by atoms with van der Waals surface area (Å²) in [6.45, 7) is 10.8. The average Bonchev–Trinajstić information content (AvgIpc) is 2.65. The molecular formula is C21H30O7. The van der Waals surface area contributed by atoms with Gasteiger partial charge in [0.05, 0.1) is 0 Å². The predicted molar refractivity (Wildman–Crippen MR) is 97.8 cm³/mol. The highest BCUT2D eigenvalue weighted by atomic mass is 16.6. The fraction of sp³-hybridized carbons (Fsp3) is 0.810. The van der Waals surface area contributed by atoms with Crippen LogP contribution in [0.3, 0.4) is 0 Å². The number of hydrogen-bond donors (Lipinski definition) is 0. The summed E-state index contributed by atoms with van der Waals surface area (Å²) in [4.78, 5) is 49.3. The predicted octanol–water partition coefficient (Wildman–Crippen LogP) is 2.30.